The Morgan fingerprint density at radius 2 is 1.47 bits per heavy atom. The van der Waals surface area contributed by atoms with Gasteiger partial charge in [-0.3, -0.25) is 4.79 Å². The van der Waals surface area contributed by atoms with Crippen LogP contribution in [0.4, 0.5) is 0 Å². The van der Waals surface area contributed by atoms with E-state index in [1.165, 1.54) is 27.4 Å². The molecule has 0 unspecified atom stereocenters. The van der Waals surface area contributed by atoms with Gasteiger partial charge in [-0.15, -0.1) is 0 Å². The number of hydrogen-bond acceptors (Lipinski definition) is 7. The highest BCUT2D eigenvalue weighted by Gasteiger charge is 2.08. The van der Waals surface area contributed by atoms with Crippen LogP contribution >= 0.6 is 0 Å². The molecule has 0 aliphatic carbocycles. The third-order valence-corrected chi connectivity index (χ3v) is 5.52. The fourth-order valence-corrected chi connectivity index (χ4v) is 3.11. The molecule has 7 nitrogen and oxygen atoms in total. The van der Waals surface area contributed by atoms with Gasteiger partial charge in [-0.25, -0.2) is 9.59 Å². The van der Waals surface area contributed by atoms with Crippen molar-refractivity contribution in [1.82, 2.24) is 0 Å². The molecule has 0 aromatic rings. The van der Waals surface area contributed by atoms with E-state index in [1.54, 1.807) is 26.2 Å². The first-order valence-corrected chi connectivity index (χ1v) is 12.6. The summed E-state index contributed by atoms with van der Waals surface area (Å²) >= 11 is 0. The number of esters is 3. The predicted octanol–water partition coefficient (Wildman–Crippen LogP) is 6.15. The Morgan fingerprint density at radius 3 is 2.11 bits per heavy atom. The normalized spacial score (nSPS) is 15.0. The van der Waals surface area contributed by atoms with Crippen LogP contribution in [0.2, 0.25) is 0 Å². The van der Waals surface area contributed by atoms with Crippen molar-refractivity contribution in [3.8, 4) is 0 Å². The number of methoxy groups -OCH3 is 4. The first-order valence-electron chi connectivity index (χ1n) is 12.6. The van der Waals surface area contributed by atoms with Crippen LogP contribution in [0.15, 0.2) is 83.6 Å². The predicted molar refractivity (Wildman–Crippen MR) is 151 cm³/mol. The average molecular weight is 529 g/mol. The van der Waals surface area contributed by atoms with Crippen LogP contribution in [0.3, 0.4) is 0 Å². The molecule has 0 spiro atoms. The Labute approximate surface area is 228 Å². The van der Waals surface area contributed by atoms with Gasteiger partial charge in [0.15, 0.2) is 0 Å². The molecule has 0 aliphatic rings. The summed E-state index contributed by atoms with van der Waals surface area (Å²) in [7, 11) is 5.65. The van der Waals surface area contributed by atoms with Gasteiger partial charge in [0.25, 0.3) is 0 Å². The molecule has 0 rings (SSSR count). The Hall–Kier alpha value is -3.45. The van der Waals surface area contributed by atoms with Gasteiger partial charge in [0.05, 0.1) is 33.9 Å². The molecule has 210 valence electrons. The number of unbranched alkanes of at least 4 members (excludes halogenated alkanes) is 1. The van der Waals surface area contributed by atoms with Gasteiger partial charge in [-0.2, -0.15) is 0 Å². The Bertz CT molecular complexity index is 945. The average Bonchev–Trinajstić information content (AvgIpc) is 2.92. The summed E-state index contributed by atoms with van der Waals surface area (Å²) in [5.41, 5.74) is 2.11. The molecule has 0 aromatic carbocycles. The van der Waals surface area contributed by atoms with Crippen molar-refractivity contribution in [3.05, 3.63) is 83.6 Å². The summed E-state index contributed by atoms with van der Waals surface area (Å²) in [4.78, 5) is 34.5. The smallest absolute Gasteiger partial charge is 0.333 e. The first kappa shape index (κ1) is 34.6. The quantitative estimate of drug-likeness (QED) is 0.0559. The number of carbonyl (C=O) groups excluding carboxylic acids is 3. The molecule has 0 aliphatic heterocycles. The molecule has 0 aromatic heterocycles. The van der Waals surface area contributed by atoms with E-state index in [9.17, 15) is 14.4 Å². The summed E-state index contributed by atoms with van der Waals surface area (Å²) in [5.74, 6) is -1.01. The molecule has 0 radical (unpaired) electrons. The van der Waals surface area contributed by atoms with E-state index in [4.69, 9.17) is 9.47 Å². The van der Waals surface area contributed by atoms with E-state index < -0.39 is 11.9 Å². The van der Waals surface area contributed by atoms with Crippen LogP contribution in [0, 0.1) is 5.92 Å². The van der Waals surface area contributed by atoms with Crippen molar-refractivity contribution in [2.24, 2.45) is 5.92 Å². The molecule has 0 bridgehead atoms. The second kappa shape index (κ2) is 21.6. The van der Waals surface area contributed by atoms with Gasteiger partial charge in [0.1, 0.15) is 0 Å². The summed E-state index contributed by atoms with van der Waals surface area (Å²) in [6.45, 7) is 5.76. The molecule has 0 N–H and O–H groups in total. The molecule has 0 heterocycles. The van der Waals surface area contributed by atoms with Crippen molar-refractivity contribution < 1.29 is 33.3 Å². The van der Waals surface area contributed by atoms with Crippen LogP contribution in [0.1, 0.15) is 52.9 Å². The molecular formula is C31H44O7. The molecule has 0 saturated heterocycles. The van der Waals surface area contributed by atoms with Gasteiger partial charge in [0, 0.05) is 18.8 Å². The first-order chi connectivity index (χ1) is 18.2. The lowest BCUT2D eigenvalue weighted by Crippen LogP contribution is -2.10. The maximum absolute atomic E-state index is 11.5. The van der Waals surface area contributed by atoms with E-state index >= 15 is 0 Å². The van der Waals surface area contributed by atoms with Gasteiger partial charge in [-0.05, 0) is 56.6 Å². The minimum Gasteiger partial charge on any atom is -0.469 e. The summed E-state index contributed by atoms with van der Waals surface area (Å²) in [6, 6.07) is 0. The third kappa shape index (κ3) is 17.1. The lowest BCUT2D eigenvalue weighted by Gasteiger charge is -2.13. The molecule has 38 heavy (non-hydrogen) atoms. The second-order valence-electron chi connectivity index (χ2n) is 8.68. The Morgan fingerprint density at radius 1 is 0.789 bits per heavy atom. The molecule has 7 heteroatoms. The van der Waals surface area contributed by atoms with Crippen LogP contribution < -0.4 is 0 Å². The zero-order valence-electron chi connectivity index (χ0n) is 23.9. The number of allylic oxidation sites excluding steroid dienone is 9. The second-order valence-corrected chi connectivity index (χ2v) is 8.68. The van der Waals surface area contributed by atoms with E-state index in [0.717, 1.165) is 31.3 Å². The molecular weight excluding hydrogens is 484 g/mol. The third-order valence-electron chi connectivity index (χ3n) is 5.52. The largest absolute Gasteiger partial charge is 0.469 e. The van der Waals surface area contributed by atoms with Crippen LogP contribution in [0.25, 0.3) is 0 Å². The SMILES string of the molecule is COC(=O)/C=C(/C=C/[C@@H](C)C/C=C/CC/C=C/C=C\C[C@@H](OC)/C(C)=C\C=C(/C)C(=O)OC)CC(=O)OC. The molecule has 0 amide bonds. The maximum Gasteiger partial charge on any atom is 0.333 e. The van der Waals surface area contributed by atoms with Crippen LogP contribution in [-0.2, 0) is 33.3 Å². The summed E-state index contributed by atoms with van der Waals surface area (Å²) in [5, 5.41) is 0. The monoisotopic (exact) mass is 528 g/mol. The van der Waals surface area contributed by atoms with Crippen LogP contribution in [0.5, 0.6) is 0 Å². The van der Waals surface area contributed by atoms with E-state index in [1.807, 2.05) is 31.2 Å². The fourth-order valence-electron chi connectivity index (χ4n) is 3.11. The highest BCUT2D eigenvalue weighted by atomic mass is 16.5. The lowest BCUT2D eigenvalue weighted by atomic mass is 10.0. The number of hydrogen-bond donors (Lipinski definition) is 0. The molecule has 2 atom stereocenters. The molecule has 0 saturated carbocycles. The number of ether oxygens (including phenoxy) is 4. The molecule has 0 fully saturated rings. The van der Waals surface area contributed by atoms with E-state index in [2.05, 4.69) is 40.7 Å². The topological polar surface area (TPSA) is 88.1 Å². The van der Waals surface area contributed by atoms with Crippen LogP contribution in [-0.4, -0.2) is 52.5 Å². The standard InChI is InChI=1S/C31H44O7/c1-24(18-21-27(22-29(32)36-5)23-30(33)37-6)16-14-12-10-8-9-11-13-15-17-28(35-4)25(2)19-20-26(3)31(34)38-7/h9,11-15,18-22,24,28H,8,10,16-17,23H2,1-7H3/b11-9+,14-12+,15-13-,21-18+,25-19-,26-20+,27-22-/t24-,28+/m0/s1. The van der Waals surface area contributed by atoms with Crippen molar-refractivity contribution >= 4 is 17.9 Å². The zero-order valence-corrected chi connectivity index (χ0v) is 23.9. The van der Waals surface area contributed by atoms with Gasteiger partial charge < -0.3 is 18.9 Å². The lowest BCUT2D eigenvalue weighted by molar-refractivity contribution is -0.139. The Balaban J connectivity index is 4.52. The minimum atomic E-state index is -0.505. The van der Waals surface area contributed by atoms with Crippen molar-refractivity contribution in [2.75, 3.05) is 28.4 Å². The number of carbonyl (C=O) groups is 3. The maximum atomic E-state index is 11.5. The highest BCUT2D eigenvalue weighted by Crippen LogP contribution is 2.13. The van der Waals surface area contributed by atoms with Gasteiger partial charge in [-0.1, -0.05) is 67.7 Å². The van der Waals surface area contributed by atoms with Crippen molar-refractivity contribution in [3.63, 3.8) is 0 Å². The fraction of sp³-hybridized carbons (Fsp3) is 0.452. The van der Waals surface area contributed by atoms with E-state index in [0.29, 0.717) is 11.1 Å². The van der Waals surface area contributed by atoms with Gasteiger partial charge in [0.2, 0.25) is 0 Å². The van der Waals surface area contributed by atoms with Crippen molar-refractivity contribution in [2.45, 2.75) is 59.0 Å². The summed E-state index contributed by atoms with van der Waals surface area (Å²) < 4.78 is 19.6. The Kier molecular flexibility index (Phi) is 19.7. The number of rotatable bonds is 17. The highest BCUT2D eigenvalue weighted by molar-refractivity contribution is 5.88. The summed E-state index contributed by atoms with van der Waals surface area (Å²) in [6.07, 6.45) is 24.6. The minimum absolute atomic E-state index is 0.0158. The van der Waals surface area contributed by atoms with E-state index in [-0.39, 0.29) is 24.4 Å². The van der Waals surface area contributed by atoms with Gasteiger partial charge >= 0.3 is 17.9 Å². The van der Waals surface area contributed by atoms with Crippen molar-refractivity contribution in [1.29, 1.82) is 0 Å². The zero-order chi connectivity index (χ0) is 28.8.